The molecule has 0 unspecified atom stereocenters. The van der Waals surface area contributed by atoms with Crippen LogP contribution in [0.4, 0.5) is 0 Å². The first-order chi connectivity index (χ1) is 4.75. The van der Waals surface area contributed by atoms with Crippen LogP contribution in [0.25, 0.3) is 0 Å². The van der Waals surface area contributed by atoms with Gasteiger partial charge in [-0.05, 0) is 0 Å². The van der Waals surface area contributed by atoms with E-state index in [9.17, 15) is 4.79 Å². The van der Waals surface area contributed by atoms with Crippen molar-refractivity contribution in [3.8, 4) is 0 Å². The maximum absolute atomic E-state index is 10.3. The minimum atomic E-state index is -1.07. The predicted molar refractivity (Wildman–Crippen MR) is 31.4 cm³/mol. The summed E-state index contributed by atoms with van der Waals surface area (Å²) in [6, 6.07) is 0. The molecule has 0 spiro atoms. The minimum Gasteiger partial charge on any atom is -0.478 e. The Morgan fingerprint density at radius 1 is 1.90 bits per heavy atom. The van der Waals surface area contributed by atoms with Gasteiger partial charge in [-0.25, -0.2) is 4.79 Å². The van der Waals surface area contributed by atoms with Crippen LogP contribution >= 0.6 is 0 Å². The van der Waals surface area contributed by atoms with Crippen LogP contribution in [0, 0.1) is 0 Å². The highest BCUT2D eigenvalue weighted by atomic mass is 16.5. The monoisotopic (exact) mass is 142 g/mol. The number of hydrogen-bond donors (Lipinski definition) is 2. The quantitative estimate of drug-likeness (QED) is 0.598. The Morgan fingerprint density at radius 3 is 3.00 bits per heavy atom. The van der Waals surface area contributed by atoms with Crippen LogP contribution in [0.2, 0.25) is 0 Å². The van der Waals surface area contributed by atoms with Crippen molar-refractivity contribution in [3.05, 3.63) is 17.5 Å². The first kappa shape index (κ1) is 6.76. The molecular formula is C5H6N2O3. The van der Waals surface area contributed by atoms with Crippen molar-refractivity contribution in [2.45, 2.75) is 6.54 Å². The second-order valence-corrected chi connectivity index (χ2v) is 1.67. The normalized spacial score (nSPS) is 9.70. The Bertz CT molecular complexity index is 243. The number of hydrogen-bond acceptors (Lipinski definition) is 4. The molecule has 1 aromatic heterocycles. The summed E-state index contributed by atoms with van der Waals surface area (Å²) in [7, 11) is 0. The molecule has 1 aromatic rings. The summed E-state index contributed by atoms with van der Waals surface area (Å²) in [6.07, 6.45) is 1.13. The van der Waals surface area contributed by atoms with E-state index in [1.54, 1.807) is 0 Å². The average Bonchev–Trinajstić information content (AvgIpc) is 2.33. The molecule has 1 rings (SSSR count). The van der Waals surface area contributed by atoms with Crippen LogP contribution in [0.1, 0.15) is 16.1 Å². The third-order valence-corrected chi connectivity index (χ3v) is 1.06. The van der Waals surface area contributed by atoms with E-state index in [4.69, 9.17) is 10.8 Å². The van der Waals surface area contributed by atoms with Crippen LogP contribution < -0.4 is 5.73 Å². The van der Waals surface area contributed by atoms with Crippen molar-refractivity contribution in [3.63, 3.8) is 0 Å². The molecular weight excluding hydrogens is 136 g/mol. The second-order valence-electron chi connectivity index (χ2n) is 1.67. The summed E-state index contributed by atoms with van der Waals surface area (Å²) in [5, 5.41) is 11.7. The van der Waals surface area contributed by atoms with Crippen LogP contribution in [-0.4, -0.2) is 16.2 Å². The average molecular weight is 142 g/mol. The molecule has 0 saturated carbocycles. The second kappa shape index (κ2) is 2.49. The number of carbonyl (C=O) groups is 1. The Balaban J connectivity index is 3.01. The Hall–Kier alpha value is -1.36. The number of rotatable bonds is 2. The number of nitrogens with two attached hydrogens (primary N) is 1. The van der Waals surface area contributed by atoms with Gasteiger partial charge >= 0.3 is 5.97 Å². The molecule has 0 radical (unpaired) electrons. The first-order valence-corrected chi connectivity index (χ1v) is 2.62. The van der Waals surface area contributed by atoms with Gasteiger partial charge in [0.05, 0.1) is 12.7 Å². The molecule has 0 aliphatic rings. The van der Waals surface area contributed by atoms with Crippen LogP contribution in [0.3, 0.4) is 0 Å². The highest BCUT2D eigenvalue weighted by Gasteiger charge is 2.12. The predicted octanol–water partition coefficient (Wildman–Crippen LogP) is -0.169. The summed E-state index contributed by atoms with van der Waals surface area (Å²) in [5.41, 5.74) is 5.17. The summed E-state index contributed by atoms with van der Waals surface area (Å²) in [4.78, 5) is 10.3. The molecule has 3 N–H and O–H groups in total. The maximum atomic E-state index is 10.3. The summed E-state index contributed by atoms with van der Waals surface area (Å²) in [6.45, 7) is 0.0572. The van der Waals surface area contributed by atoms with Gasteiger partial charge in [-0.3, -0.25) is 0 Å². The summed E-state index contributed by atoms with van der Waals surface area (Å²) in [5.74, 6) is -0.866. The highest BCUT2D eigenvalue weighted by molar-refractivity contribution is 5.88. The van der Waals surface area contributed by atoms with E-state index in [2.05, 4.69) is 9.68 Å². The number of nitrogens with zero attached hydrogens (tertiary/aromatic N) is 1. The van der Waals surface area contributed by atoms with E-state index in [1.165, 1.54) is 0 Å². The van der Waals surface area contributed by atoms with Crippen molar-refractivity contribution < 1.29 is 14.4 Å². The van der Waals surface area contributed by atoms with Gasteiger partial charge in [0.1, 0.15) is 5.56 Å². The van der Waals surface area contributed by atoms with Gasteiger partial charge in [0.15, 0.2) is 5.76 Å². The van der Waals surface area contributed by atoms with E-state index in [0.717, 1.165) is 6.20 Å². The van der Waals surface area contributed by atoms with E-state index in [1.807, 2.05) is 0 Å². The third kappa shape index (κ3) is 0.985. The molecule has 1 heterocycles. The van der Waals surface area contributed by atoms with Gasteiger partial charge < -0.3 is 15.4 Å². The lowest BCUT2D eigenvalue weighted by Gasteiger charge is -1.87. The van der Waals surface area contributed by atoms with Gasteiger partial charge in [-0.1, -0.05) is 5.16 Å². The zero-order valence-electron chi connectivity index (χ0n) is 5.07. The Kier molecular flexibility index (Phi) is 1.68. The molecule has 54 valence electrons. The van der Waals surface area contributed by atoms with Crippen molar-refractivity contribution in [2.24, 2.45) is 5.73 Å². The number of carboxylic acid groups (broad SMARTS) is 1. The van der Waals surface area contributed by atoms with Crippen LogP contribution in [0.5, 0.6) is 0 Å². The molecule has 5 heteroatoms. The standard InChI is InChI=1S/C5H6N2O3/c6-1-4-3(5(8)9)2-7-10-4/h2H,1,6H2,(H,8,9). The lowest BCUT2D eigenvalue weighted by molar-refractivity contribution is 0.0694. The maximum Gasteiger partial charge on any atom is 0.341 e. The van der Waals surface area contributed by atoms with Crippen molar-refractivity contribution >= 4 is 5.97 Å². The van der Waals surface area contributed by atoms with Gasteiger partial charge in [0.25, 0.3) is 0 Å². The van der Waals surface area contributed by atoms with Crippen LogP contribution in [0.15, 0.2) is 10.7 Å². The molecule has 0 bridgehead atoms. The number of carboxylic acids is 1. The first-order valence-electron chi connectivity index (χ1n) is 2.62. The van der Waals surface area contributed by atoms with Crippen molar-refractivity contribution in [1.29, 1.82) is 0 Å². The fraction of sp³-hybridized carbons (Fsp3) is 0.200. The fourth-order valence-electron chi connectivity index (χ4n) is 0.586. The molecule has 0 fully saturated rings. The summed E-state index contributed by atoms with van der Waals surface area (Å²) >= 11 is 0. The summed E-state index contributed by atoms with van der Waals surface area (Å²) < 4.78 is 4.52. The molecule has 0 saturated heterocycles. The molecule has 10 heavy (non-hydrogen) atoms. The molecule has 0 aliphatic heterocycles. The van der Waals surface area contributed by atoms with Gasteiger partial charge in [-0.15, -0.1) is 0 Å². The third-order valence-electron chi connectivity index (χ3n) is 1.06. The number of aromatic carboxylic acids is 1. The van der Waals surface area contributed by atoms with Gasteiger partial charge in [0, 0.05) is 0 Å². The zero-order chi connectivity index (χ0) is 7.56. The topological polar surface area (TPSA) is 89.4 Å². The van der Waals surface area contributed by atoms with E-state index in [-0.39, 0.29) is 17.9 Å². The largest absolute Gasteiger partial charge is 0.478 e. The minimum absolute atomic E-state index is 0.0301. The highest BCUT2D eigenvalue weighted by Crippen LogP contribution is 2.05. The number of aromatic nitrogens is 1. The smallest absolute Gasteiger partial charge is 0.341 e. The molecule has 5 nitrogen and oxygen atoms in total. The lowest BCUT2D eigenvalue weighted by atomic mass is 10.3. The molecule has 0 aromatic carbocycles. The van der Waals surface area contributed by atoms with Crippen molar-refractivity contribution in [2.75, 3.05) is 0 Å². The fourth-order valence-corrected chi connectivity index (χ4v) is 0.586. The van der Waals surface area contributed by atoms with E-state index < -0.39 is 5.97 Å². The Labute approximate surface area is 56.4 Å². The molecule has 0 aliphatic carbocycles. The van der Waals surface area contributed by atoms with Crippen LogP contribution in [-0.2, 0) is 6.54 Å². The Morgan fingerprint density at radius 2 is 2.60 bits per heavy atom. The zero-order valence-corrected chi connectivity index (χ0v) is 5.07. The lowest BCUT2D eigenvalue weighted by Crippen LogP contribution is -2.03. The molecule has 0 atom stereocenters. The molecule has 0 amide bonds. The van der Waals surface area contributed by atoms with Crippen molar-refractivity contribution in [1.82, 2.24) is 5.16 Å². The SMILES string of the molecule is NCc1oncc1C(=O)O. The van der Waals surface area contributed by atoms with E-state index in [0.29, 0.717) is 0 Å². The van der Waals surface area contributed by atoms with E-state index >= 15 is 0 Å². The van der Waals surface area contributed by atoms with Gasteiger partial charge in [0.2, 0.25) is 0 Å². The van der Waals surface area contributed by atoms with Gasteiger partial charge in [-0.2, -0.15) is 0 Å².